The molecule has 0 aromatic heterocycles. The quantitative estimate of drug-likeness (QED) is 0.900. The molecule has 0 fully saturated rings. The normalized spacial score (nSPS) is 20.4. The highest BCUT2D eigenvalue weighted by molar-refractivity contribution is 5.94. The van der Waals surface area contributed by atoms with E-state index in [0.29, 0.717) is 29.8 Å². The standard InChI is InChI=1S/C17H18F3N3O/c1-22(2)16(24)11-7-9-12(10-8-11)23-14-6-4-3-5-13(14)15(21-23)17(18,19)20/h3,5,7-10,15,21H,4,6H2,1-2H3. The van der Waals surface area contributed by atoms with Crippen molar-refractivity contribution in [1.29, 1.82) is 0 Å². The van der Waals surface area contributed by atoms with Crippen molar-refractivity contribution in [2.45, 2.75) is 25.1 Å². The van der Waals surface area contributed by atoms with Gasteiger partial charge in [0.2, 0.25) is 0 Å². The van der Waals surface area contributed by atoms with Crippen LogP contribution in [0.4, 0.5) is 18.9 Å². The maximum atomic E-state index is 13.3. The smallest absolute Gasteiger partial charge is 0.345 e. The van der Waals surface area contributed by atoms with Crippen LogP contribution in [-0.2, 0) is 0 Å². The number of nitrogens with one attached hydrogen (secondary N) is 1. The molecule has 1 aromatic rings. The number of hydrazine groups is 1. The third kappa shape index (κ3) is 2.91. The fourth-order valence-corrected chi connectivity index (χ4v) is 2.94. The number of hydrogen-bond acceptors (Lipinski definition) is 3. The molecule has 1 aromatic carbocycles. The number of rotatable bonds is 2. The Morgan fingerprint density at radius 2 is 1.92 bits per heavy atom. The van der Waals surface area contributed by atoms with Crippen molar-refractivity contribution in [3.63, 3.8) is 0 Å². The molecule has 3 rings (SSSR count). The zero-order valence-electron chi connectivity index (χ0n) is 13.4. The van der Waals surface area contributed by atoms with Gasteiger partial charge in [-0.3, -0.25) is 9.80 Å². The van der Waals surface area contributed by atoms with Crippen molar-refractivity contribution in [3.8, 4) is 0 Å². The van der Waals surface area contributed by atoms with Crippen LogP contribution in [0.15, 0.2) is 47.7 Å². The minimum absolute atomic E-state index is 0.149. The van der Waals surface area contributed by atoms with Gasteiger partial charge < -0.3 is 4.90 Å². The van der Waals surface area contributed by atoms with Crippen molar-refractivity contribution >= 4 is 11.6 Å². The highest BCUT2D eigenvalue weighted by atomic mass is 19.4. The number of hydrogen-bond donors (Lipinski definition) is 1. The first-order chi connectivity index (χ1) is 11.3. The molecule has 0 radical (unpaired) electrons. The van der Waals surface area contributed by atoms with Gasteiger partial charge in [0.05, 0.1) is 5.69 Å². The van der Waals surface area contributed by atoms with Crippen LogP contribution in [0.25, 0.3) is 0 Å². The first-order valence-corrected chi connectivity index (χ1v) is 7.63. The lowest BCUT2D eigenvalue weighted by Gasteiger charge is -2.25. The van der Waals surface area contributed by atoms with Crippen LogP contribution in [0, 0.1) is 0 Å². The summed E-state index contributed by atoms with van der Waals surface area (Å²) in [5.74, 6) is -0.149. The van der Waals surface area contributed by atoms with Crippen LogP contribution < -0.4 is 10.4 Å². The Labute approximate surface area is 138 Å². The summed E-state index contributed by atoms with van der Waals surface area (Å²) in [4.78, 5) is 13.4. The molecule has 1 aliphatic carbocycles. The second-order valence-corrected chi connectivity index (χ2v) is 6.03. The third-order valence-corrected chi connectivity index (χ3v) is 4.12. The third-order valence-electron chi connectivity index (χ3n) is 4.12. The number of amides is 1. The van der Waals surface area contributed by atoms with Gasteiger partial charge in [-0.15, -0.1) is 0 Å². The fraction of sp³-hybridized carbons (Fsp3) is 0.353. The average molecular weight is 337 g/mol. The molecule has 0 bridgehead atoms. The molecule has 128 valence electrons. The minimum Gasteiger partial charge on any atom is -0.345 e. The number of halogens is 3. The molecule has 4 nitrogen and oxygen atoms in total. The van der Waals surface area contributed by atoms with Gasteiger partial charge in [0, 0.05) is 30.9 Å². The van der Waals surface area contributed by atoms with Gasteiger partial charge in [-0.1, -0.05) is 12.2 Å². The van der Waals surface area contributed by atoms with E-state index in [2.05, 4.69) is 5.43 Å². The summed E-state index contributed by atoms with van der Waals surface area (Å²) in [6.07, 6.45) is 0.204. The number of carbonyl (C=O) groups excluding carboxylic acids is 1. The van der Waals surface area contributed by atoms with Crippen molar-refractivity contribution in [1.82, 2.24) is 10.3 Å². The number of anilines is 1. The lowest BCUT2D eigenvalue weighted by atomic mass is 9.98. The Morgan fingerprint density at radius 3 is 2.50 bits per heavy atom. The summed E-state index contributed by atoms with van der Waals surface area (Å²) >= 11 is 0. The molecular formula is C17H18F3N3O. The van der Waals surface area contributed by atoms with Crippen molar-refractivity contribution in [3.05, 3.63) is 53.3 Å². The van der Waals surface area contributed by atoms with Gasteiger partial charge in [-0.05, 0) is 37.1 Å². The highest BCUT2D eigenvalue weighted by Gasteiger charge is 2.48. The van der Waals surface area contributed by atoms with Crippen molar-refractivity contribution < 1.29 is 18.0 Å². The first-order valence-electron chi connectivity index (χ1n) is 7.63. The molecule has 1 unspecified atom stereocenters. The molecular weight excluding hydrogens is 319 g/mol. The second-order valence-electron chi connectivity index (χ2n) is 6.03. The Morgan fingerprint density at radius 1 is 1.25 bits per heavy atom. The molecule has 0 spiro atoms. The Kier molecular flexibility index (Phi) is 4.13. The minimum atomic E-state index is -4.36. The van der Waals surface area contributed by atoms with Crippen LogP contribution in [0.3, 0.4) is 0 Å². The maximum Gasteiger partial charge on any atom is 0.409 e. The monoisotopic (exact) mass is 337 g/mol. The van der Waals surface area contributed by atoms with Gasteiger partial charge in [0.15, 0.2) is 0 Å². The van der Waals surface area contributed by atoms with Crippen LogP contribution >= 0.6 is 0 Å². The van der Waals surface area contributed by atoms with Gasteiger partial charge in [-0.25, -0.2) is 5.43 Å². The van der Waals surface area contributed by atoms with E-state index < -0.39 is 12.2 Å². The van der Waals surface area contributed by atoms with Crippen LogP contribution in [0.5, 0.6) is 0 Å². The van der Waals surface area contributed by atoms with E-state index in [4.69, 9.17) is 0 Å². The van der Waals surface area contributed by atoms with Gasteiger partial charge in [0.25, 0.3) is 5.91 Å². The molecule has 24 heavy (non-hydrogen) atoms. The predicted molar refractivity (Wildman–Crippen MR) is 85.3 cm³/mol. The molecule has 1 aliphatic heterocycles. The summed E-state index contributed by atoms with van der Waals surface area (Å²) in [5, 5.41) is 1.49. The zero-order valence-corrected chi connectivity index (χ0v) is 13.4. The molecule has 1 atom stereocenters. The van der Waals surface area contributed by atoms with E-state index in [9.17, 15) is 18.0 Å². The molecule has 1 heterocycles. The average Bonchev–Trinajstić information content (AvgIpc) is 2.94. The summed E-state index contributed by atoms with van der Waals surface area (Å²) in [6, 6.07) is 4.86. The lowest BCUT2D eigenvalue weighted by Crippen LogP contribution is -2.45. The lowest BCUT2D eigenvalue weighted by molar-refractivity contribution is -0.144. The number of allylic oxidation sites excluding steroid dienone is 2. The SMILES string of the molecule is CN(C)C(=O)c1ccc(N2NC(C(F)(F)F)C3=C2CCC=C3)cc1. The maximum absolute atomic E-state index is 13.3. The zero-order chi connectivity index (χ0) is 17.5. The molecule has 1 N–H and O–H groups in total. The largest absolute Gasteiger partial charge is 0.409 e. The van der Waals surface area contributed by atoms with Gasteiger partial charge in [-0.2, -0.15) is 13.2 Å². The van der Waals surface area contributed by atoms with E-state index in [-0.39, 0.29) is 11.5 Å². The number of carbonyl (C=O) groups is 1. The number of alkyl halides is 3. The number of benzene rings is 1. The van der Waals surface area contributed by atoms with Crippen molar-refractivity contribution in [2.75, 3.05) is 19.1 Å². The molecule has 0 saturated heterocycles. The van der Waals surface area contributed by atoms with Crippen LogP contribution in [-0.4, -0.2) is 37.1 Å². The summed E-state index contributed by atoms with van der Waals surface area (Å²) in [7, 11) is 3.30. The molecule has 2 aliphatic rings. The van der Waals surface area contributed by atoms with Crippen molar-refractivity contribution in [2.24, 2.45) is 0 Å². The second kappa shape index (κ2) is 5.98. The Hall–Kier alpha value is -2.28. The van der Waals surface area contributed by atoms with Crippen LogP contribution in [0.1, 0.15) is 23.2 Å². The number of nitrogens with zero attached hydrogens (tertiary/aromatic N) is 2. The summed E-state index contributed by atoms with van der Waals surface area (Å²) in [5.41, 5.74) is 4.52. The van der Waals surface area contributed by atoms with E-state index in [0.717, 1.165) is 0 Å². The summed E-state index contributed by atoms with van der Waals surface area (Å²) < 4.78 is 39.8. The topological polar surface area (TPSA) is 35.6 Å². The molecule has 7 heteroatoms. The molecule has 1 amide bonds. The van der Waals surface area contributed by atoms with Gasteiger partial charge >= 0.3 is 6.18 Å². The van der Waals surface area contributed by atoms with Crippen LogP contribution in [0.2, 0.25) is 0 Å². The predicted octanol–water partition coefficient (Wildman–Crippen LogP) is 3.25. The fourth-order valence-electron chi connectivity index (χ4n) is 2.94. The Balaban J connectivity index is 1.91. The van der Waals surface area contributed by atoms with E-state index in [1.165, 1.54) is 9.91 Å². The summed E-state index contributed by atoms with van der Waals surface area (Å²) in [6.45, 7) is 0. The van der Waals surface area contributed by atoms with Gasteiger partial charge in [0.1, 0.15) is 6.04 Å². The Bertz CT molecular complexity index is 705. The first kappa shape index (κ1) is 16.6. The highest BCUT2D eigenvalue weighted by Crippen LogP contribution is 2.39. The molecule has 0 saturated carbocycles. The van der Waals surface area contributed by atoms with E-state index in [1.54, 1.807) is 50.5 Å². The van der Waals surface area contributed by atoms with E-state index >= 15 is 0 Å². The van der Waals surface area contributed by atoms with E-state index in [1.807, 2.05) is 0 Å².